The molecule has 5 heteroatoms. The second-order valence-electron chi connectivity index (χ2n) is 8.97. The van der Waals surface area contributed by atoms with Crippen LogP contribution in [0, 0.1) is 0 Å². The minimum atomic E-state index is -0.185. The first-order valence-corrected chi connectivity index (χ1v) is 12.0. The molecule has 1 fully saturated rings. The number of piperazine rings is 1. The van der Waals surface area contributed by atoms with Crippen molar-refractivity contribution in [1.82, 2.24) is 9.80 Å². The summed E-state index contributed by atoms with van der Waals surface area (Å²) in [7, 11) is 0. The number of anilines is 1. The Morgan fingerprint density at radius 2 is 1.26 bits per heavy atom. The van der Waals surface area contributed by atoms with Crippen LogP contribution in [0.2, 0.25) is 0 Å². The van der Waals surface area contributed by atoms with Gasteiger partial charge in [0.05, 0.1) is 6.04 Å². The molecule has 0 saturated carbocycles. The van der Waals surface area contributed by atoms with Gasteiger partial charge in [-0.05, 0) is 49.2 Å². The number of nitrogens with zero attached hydrogens (tertiary/aromatic N) is 3. The van der Waals surface area contributed by atoms with Crippen LogP contribution in [0.3, 0.4) is 0 Å². The Hall–Kier alpha value is -3.44. The van der Waals surface area contributed by atoms with Crippen molar-refractivity contribution in [3.8, 4) is 0 Å². The molecule has 1 amide bonds. The predicted octanol–water partition coefficient (Wildman–Crippen LogP) is 4.63. The summed E-state index contributed by atoms with van der Waals surface area (Å²) in [5, 5.41) is 0. The van der Waals surface area contributed by atoms with Crippen LogP contribution in [0.5, 0.6) is 0 Å². The third-order valence-corrected chi connectivity index (χ3v) is 6.60. The molecular weight excluding hydrogens is 422 g/mol. The highest BCUT2D eigenvalue weighted by Gasteiger charge is 2.29. The molecule has 3 aromatic carbocycles. The number of rotatable bonds is 8. The van der Waals surface area contributed by atoms with Crippen molar-refractivity contribution in [3.05, 3.63) is 102 Å². The predicted molar refractivity (Wildman–Crippen MR) is 137 cm³/mol. The second-order valence-corrected chi connectivity index (χ2v) is 8.97. The van der Waals surface area contributed by atoms with Crippen LogP contribution in [0.1, 0.15) is 35.3 Å². The number of amides is 1. The number of carbonyl (C=O) groups excluding carboxylic acids is 2. The van der Waals surface area contributed by atoms with Crippen LogP contribution in [-0.4, -0.2) is 53.7 Å². The second kappa shape index (κ2) is 11.1. The SMILES string of the molecule is CC(=O)c1ccc(N2CCN([C@@H](C)C(=O)N(Cc3ccccc3)Cc3ccccc3)CC2)cc1. The monoisotopic (exact) mass is 455 g/mol. The summed E-state index contributed by atoms with van der Waals surface area (Å²) in [6.45, 7) is 8.18. The number of hydrogen-bond acceptors (Lipinski definition) is 4. The first kappa shape index (κ1) is 23.7. The maximum absolute atomic E-state index is 13.6. The standard InChI is InChI=1S/C29H33N3O2/c1-23(30-17-19-31(20-18-30)28-15-13-27(14-16-28)24(2)33)29(34)32(21-25-9-5-3-6-10-25)22-26-11-7-4-8-12-26/h3-16,23H,17-22H2,1-2H3/t23-/m0/s1. The maximum atomic E-state index is 13.6. The van der Waals surface area contributed by atoms with E-state index in [0.29, 0.717) is 13.1 Å². The molecule has 0 bridgehead atoms. The minimum Gasteiger partial charge on any atom is -0.369 e. The highest BCUT2D eigenvalue weighted by molar-refractivity contribution is 5.94. The number of hydrogen-bond donors (Lipinski definition) is 0. The zero-order valence-corrected chi connectivity index (χ0v) is 20.1. The average molecular weight is 456 g/mol. The molecule has 0 spiro atoms. The number of carbonyl (C=O) groups is 2. The van der Waals surface area contributed by atoms with Gasteiger partial charge in [0, 0.05) is 50.5 Å². The Kier molecular flexibility index (Phi) is 7.76. The van der Waals surface area contributed by atoms with Crippen LogP contribution in [0.4, 0.5) is 5.69 Å². The fourth-order valence-corrected chi connectivity index (χ4v) is 4.51. The van der Waals surface area contributed by atoms with Gasteiger partial charge >= 0.3 is 0 Å². The van der Waals surface area contributed by atoms with Gasteiger partial charge in [-0.1, -0.05) is 60.7 Å². The van der Waals surface area contributed by atoms with Crippen LogP contribution < -0.4 is 4.90 Å². The van der Waals surface area contributed by atoms with E-state index in [4.69, 9.17) is 0 Å². The molecule has 4 rings (SSSR count). The highest BCUT2D eigenvalue weighted by atomic mass is 16.2. The zero-order valence-electron chi connectivity index (χ0n) is 20.1. The van der Waals surface area contributed by atoms with Gasteiger partial charge in [0.25, 0.3) is 0 Å². The van der Waals surface area contributed by atoms with E-state index in [0.717, 1.165) is 48.6 Å². The van der Waals surface area contributed by atoms with Gasteiger partial charge in [0.2, 0.25) is 5.91 Å². The van der Waals surface area contributed by atoms with Crippen molar-refractivity contribution in [1.29, 1.82) is 0 Å². The van der Waals surface area contributed by atoms with E-state index >= 15 is 0 Å². The molecule has 1 aliphatic heterocycles. The van der Waals surface area contributed by atoms with Gasteiger partial charge in [-0.25, -0.2) is 0 Å². The molecule has 34 heavy (non-hydrogen) atoms. The Labute approximate surface area is 202 Å². The minimum absolute atomic E-state index is 0.0827. The fraction of sp³-hybridized carbons (Fsp3) is 0.310. The lowest BCUT2D eigenvalue weighted by molar-refractivity contribution is -0.137. The molecule has 1 saturated heterocycles. The van der Waals surface area contributed by atoms with E-state index in [1.807, 2.05) is 72.5 Å². The van der Waals surface area contributed by atoms with Crippen molar-refractivity contribution >= 4 is 17.4 Å². The van der Waals surface area contributed by atoms with Gasteiger partial charge in [-0.3, -0.25) is 14.5 Å². The molecule has 1 atom stereocenters. The normalized spacial score (nSPS) is 15.1. The quantitative estimate of drug-likeness (QED) is 0.465. The first-order chi connectivity index (χ1) is 16.5. The largest absolute Gasteiger partial charge is 0.369 e. The van der Waals surface area contributed by atoms with Crippen molar-refractivity contribution in [3.63, 3.8) is 0 Å². The molecule has 5 nitrogen and oxygen atoms in total. The lowest BCUT2D eigenvalue weighted by Crippen LogP contribution is -2.54. The lowest BCUT2D eigenvalue weighted by Gasteiger charge is -2.40. The molecule has 0 aliphatic carbocycles. The number of benzene rings is 3. The number of ketones is 1. The Morgan fingerprint density at radius 1 is 0.765 bits per heavy atom. The number of Topliss-reactive ketones (excluding diaryl/α,β-unsaturated/α-hetero) is 1. The molecule has 0 N–H and O–H groups in total. The van der Waals surface area contributed by atoms with Gasteiger partial charge in [-0.15, -0.1) is 0 Å². The highest BCUT2D eigenvalue weighted by Crippen LogP contribution is 2.20. The van der Waals surface area contributed by atoms with Crippen LogP contribution >= 0.6 is 0 Å². The summed E-state index contributed by atoms with van der Waals surface area (Å²) in [5.74, 6) is 0.242. The van der Waals surface area contributed by atoms with Crippen molar-refractivity contribution < 1.29 is 9.59 Å². The Balaban J connectivity index is 1.41. The van der Waals surface area contributed by atoms with Crippen molar-refractivity contribution in [2.75, 3.05) is 31.1 Å². The molecule has 3 aromatic rings. The molecule has 0 aromatic heterocycles. The summed E-state index contributed by atoms with van der Waals surface area (Å²) in [6.07, 6.45) is 0. The molecule has 0 unspecified atom stereocenters. The van der Waals surface area contributed by atoms with E-state index in [1.54, 1.807) is 6.92 Å². The fourth-order valence-electron chi connectivity index (χ4n) is 4.51. The van der Waals surface area contributed by atoms with Gasteiger partial charge in [-0.2, -0.15) is 0 Å². The molecule has 1 aliphatic rings. The molecule has 1 heterocycles. The molecule has 0 radical (unpaired) electrons. The third-order valence-electron chi connectivity index (χ3n) is 6.60. The van der Waals surface area contributed by atoms with E-state index in [1.165, 1.54) is 0 Å². The van der Waals surface area contributed by atoms with E-state index in [2.05, 4.69) is 34.1 Å². The van der Waals surface area contributed by atoms with Gasteiger partial charge < -0.3 is 9.80 Å². The van der Waals surface area contributed by atoms with Crippen molar-refractivity contribution in [2.45, 2.75) is 33.0 Å². The van der Waals surface area contributed by atoms with Gasteiger partial charge in [0.15, 0.2) is 5.78 Å². The van der Waals surface area contributed by atoms with E-state index in [-0.39, 0.29) is 17.7 Å². The summed E-state index contributed by atoms with van der Waals surface area (Å²) in [6, 6.07) is 28.0. The summed E-state index contributed by atoms with van der Waals surface area (Å²) in [4.78, 5) is 31.8. The average Bonchev–Trinajstić information content (AvgIpc) is 2.89. The topological polar surface area (TPSA) is 43.9 Å². The van der Waals surface area contributed by atoms with Crippen molar-refractivity contribution in [2.24, 2.45) is 0 Å². The zero-order chi connectivity index (χ0) is 23.9. The third kappa shape index (κ3) is 5.91. The summed E-state index contributed by atoms with van der Waals surface area (Å²) < 4.78 is 0. The smallest absolute Gasteiger partial charge is 0.240 e. The Morgan fingerprint density at radius 3 is 1.74 bits per heavy atom. The Bertz CT molecular complexity index is 1030. The summed E-state index contributed by atoms with van der Waals surface area (Å²) >= 11 is 0. The molecular formula is C29H33N3O2. The first-order valence-electron chi connectivity index (χ1n) is 12.0. The van der Waals surface area contributed by atoms with E-state index < -0.39 is 0 Å². The maximum Gasteiger partial charge on any atom is 0.240 e. The molecule has 176 valence electrons. The summed E-state index contributed by atoms with van der Waals surface area (Å²) in [5.41, 5.74) is 4.13. The lowest BCUT2D eigenvalue weighted by atomic mass is 10.1. The van der Waals surface area contributed by atoms with Crippen LogP contribution in [-0.2, 0) is 17.9 Å². The van der Waals surface area contributed by atoms with Crippen LogP contribution in [0.15, 0.2) is 84.9 Å². The van der Waals surface area contributed by atoms with Gasteiger partial charge in [0.1, 0.15) is 0 Å². The van der Waals surface area contributed by atoms with Crippen LogP contribution in [0.25, 0.3) is 0 Å². The van der Waals surface area contributed by atoms with E-state index in [9.17, 15) is 9.59 Å².